The fraction of sp³-hybridized carbons (Fsp3) is 0.800. The van der Waals surface area contributed by atoms with Gasteiger partial charge < -0.3 is 4.74 Å². The number of esters is 1. The van der Waals surface area contributed by atoms with Crippen molar-refractivity contribution < 1.29 is 14.3 Å². The van der Waals surface area contributed by atoms with Crippen LogP contribution in [0.15, 0.2) is 0 Å². The molecule has 0 aromatic heterocycles. The second kappa shape index (κ2) is 2.82. The van der Waals surface area contributed by atoms with Gasteiger partial charge in [-0.05, 0) is 26.2 Å². The molecule has 0 amide bonds. The van der Waals surface area contributed by atoms with Crippen molar-refractivity contribution in [2.45, 2.75) is 32.8 Å². The Balaban J connectivity index is 1.92. The quantitative estimate of drug-likeness (QED) is 0.602. The van der Waals surface area contributed by atoms with Crippen LogP contribution in [-0.2, 0) is 14.3 Å². The molecule has 2 fully saturated rings. The van der Waals surface area contributed by atoms with Gasteiger partial charge in [-0.1, -0.05) is 0 Å². The van der Waals surface area contributed by atoms with Crippen LogP contribution in [0.5, 0.6) is 0 Å². The van der Waals surface area contributed by atoms with Crippen LogP contribution in [0.1, 0.15) is 26.7 Å². The van der Waals surface area contributed by atoms with Crippen molar-refractivity contribution in [3.8, 4) is 0 Å². The van der Waals surface area contributed by atoms with Crippen LogP contribution in [-0.4, -0.2) is 17.9 Å². The van der Waals surface area contributed by atoms with E-state index in [0.717, 1.165) is 6.42 Å². The molecule has 0 N–H and O–H groups in total. The number of Topliss-reactive ketones (excluding diaryl/α,β-unsaturated/α-hetero) is 1. The lowest BCUT2D eigenvalue weighted by atomic mass is 10.1. The summed E-state index contributed by atoms with van der Waals surface area (Å²) in [5, 5.41) is 0. The second-order valence-corrected chi connectivity index (χ2v) is 4.21. The van der Waals surface area contributed by atoms with E-state index in [9.17, 15) is 9.59 Å². The third-order valence-electron chi connectivity index (χ3n) is 2.89. The minimum Gasteiger partial charge on any atom is -0.463 e. The van der Waals surface area contributed by atoms with E-state index >= 15 is 0 Å². The molecule has 0 saturated heterocycles. The lowest BCUT2D eigenvalue weighted by molar-refractivity contribution is -0.150. The molecule has 0 aromatic carbocycles. The molecule has 0 unspecified atom stereocenters. The number of carbonyl (C=O) groups is 2. The van der Waals surface area contributed by atoms with Crippen molar-refractivity contribution in [1.29, 1.82) is 0 Å². The maximum absolute atomic E-state index is 11.4. The summed E-state index contributed by atoms with van der Waals surface area (Å²) in [6.45, 7) is 3.66. The molecule has 0 radical (unpaired) electrons. The van der Waals surface area contributed by atoms with E-state index in [0.29, 0.717) is 12.3 Å². The second-order valence-electron chi connectivity index (χ2n) is 4.21. The Morgan fingerprint density at radius 2 is 2.23 bits per heavy atom. The zero-order chi connectivity index (χ0) is 9.59. The zero-order valence-corrected chi connectivity index (χ0v) is 7.95. The maximum atomic E-state index is 11.4. The molecule has 3 nitrogen and oxygen atoms in total. The predicted molar refractivity (Wildman–Crippen MR) is 45.9 cm³/mol. The van der Waals surface area contributed by atoms with E-state index in [1.54, 1.807) is 0 Å². The lowest BCUT2D eigenvalue weighted by Gasteiger charge is -2.08. The molecule has 0 aromatic rings. The zero-order valence-electron chi connectivity index (χ0n) is 7.95. The van der Waals surface area contributed by atoms with Crippen molar-refractivity contribution in [3.63, 3.8) is 0 Å². The number of hydrogen-bond donors (Lipinski definition) is 0. The van der Waals surface area contributed by atoms with Crippen molar-refractivity contribution in [1.82, 2.24) is 0 Å². The molecular formula is C10H14O3. The summed E-state index contributed by atoms with van der Waals surface area (Å²) in [5.74, 6) is 0.336. The van der Waals surface area contributed by atoms with Crippen molar-refractivity contribution in [3.05, 3.63) is 0 Å². The largest absolute Gasteiger partial charge is 0.463 e. The Hall–Kier alpha value is -0.860. The molecule has 2 aliphatic rings. The van der Waals surface area contributed by atoms with Crippen LogP contribution in [0, 0.1) is 17.8 Å². The first-order valence-corrected chi connectivity index (χ1v) is 4.84. The topological polar surface area (TPSA) is 43.4 Å². The molecule has 72 valence electrons. The van der Waals surface area contributed by atoms with Gasteiger partial charge in [-0.3, -0.25) is 9.59 Å². The molecule has 2 rings (SSSR count). The third kappa shape index (κ3) is 1.36. The van der Waals surface area contributed by atoms with Crippen LogP contribution in [0.3, 0.4) is 0 Å². The Morgan fingerprint density at radius 1 is 1.54 bits per heavy atom. The van der Waals surface area contributed by atoms with Gasteiger partial charge >= 0.3 is 5.97 Å². The molecule has 0 spiro atoms. The first-order chi connectivity index (χ1) is 6.11. The smallest absolute Gasteiger partial charge is 0.310 e. The molecule has 3 heteroatoms. The van der Waals surface area contributed by atoms with Crippen molar-refractivity contribution in [2.24, 2.45) is 17.8 Å². The molecule has 13 heavy (non-hydrogen) atoms. The maximum Gasteiger partial charge on any atom is 0.310 e. The summed E-state index contributed by atoms with van der Waals surface area (Å²) in [7, 11) is 0. The molecule has 0 bridgehead atoms. The highest BCUT2D eigenvalue weighted by atomic mass is 16.5. The van der Waals surface area contributed by atoms with Crippen LogP contribution in [0.2, 0.25) is 0 Å². The van der Waals surface area contributed by atoms with Crippen LogP contribution in [0.4, 0.5) is 0 Å². The van der Waals surface area contributed by atoms with Gasteiger partial charge in [0.1, 0.15) is 5.78 Å². The van der Waals surface area contributed by atoms with Crippen LogP contribution < -0.4 is 0 Å². The van der Waals surface area contributed by atoms with E-state index in [-0.39, 0.29) is 29.7 Å². The first kappa shape index (κ1) is 8.73. The third-order valence-corrected chi connectivity index (χ3v) is 2.89. The minimum atomic E-state index is -0.168. The number of rotatable bonds is 2. The summed E-state index contributed by atoms with van der Waals surface area (Å²) >= 11 is 0. The van der Waals surface area contributed by atoms with Gasteiger partial charge in [0.05, 0.1) is 12.0 Å². The monoisotopic (exact) mass is 182 g/mol. The summed E-state index contributed by atoms with van der Waals surface area (Å²) < 4.78 is 5.07. The molecule has 2 aliphatic carbocycles. The Bertz CT molecular complexity index is 257. The highest BCUT2D eigenvalue weighted by molar-refractivity contribution is 5.94. The normalized spacial score (nSPS) is 36.2. The SMILES string of the molecule is CC(C)OC(=O)[C@H]1[C@@H]2CCC(=O)[C@@H]21. The van der Waals surface area contributed by atoms with Gasteiger partial charge in [-0.15, -0.1) is 0 Å². The van der Waals surface area contributed by atoms with Gasteiger partial charge in [0, 0.05) is 12.3 Å². The van der Waals surface area contributed by atoms with Crippen molar-refractivity contribution >= 4 is 11.8 Å². The highest BCUT2D eigenvalue weighted by Crippen LogP contribution is 2.55. The molecule has 2 saturated carbocycles. The van der Waals surface area contributed by atoms with Crippen LogP contribution >= 0.6 is 0 Å². The fourth-order valence-electron chi connectivity index (χ4n) is 2.28. The van der Waals surface area contributed by atoms with Gasteiger partial charge in [-0.2, -0.15) is 0 Å². The number of hydrogen-bond acceptors (Lipinski definition) is 3. The fourth-order valence-corrected chi connectivity index (χ4v) is 2.28. The van der Waals surface area contributed by atoms with E-state index in [1.165, 1.54) is 0 Å². The Labute approximate surface area is 77.4 Å². The highest BCUT2D eigenvalue weighted by Gasteiger charge is 2.62. The van der Waals surface area contributed by atoms with E-state index in [1.807, 2.05) is 13.8 Å². The van der Waals surface area contributed by atoms with Crippen LogP contribution in [0.25, 0.3) is 0 Å². The van der Waals surface area contributed by atoms with Crippen molar-refractivity contribution in [2.75, 3.05) is 0 Å². The first-order valence-electron chi connectivity index (χ1n) is 4.84. The molecule has 0 heterocycles. The number of carbonyl (C=O) groups excluding carboxylic acids is 2. The number of ketones is 1. The van der Waals surface area contributed by atoms with Gasteiger partial charge in [0.15, 0.2) is 0 Å². The average Bonchev–Trinajstić information content (AvgIpc) is 2.63. The van der Waals surface area contributed by atoms with E-state index in [2.05, 4.69) is 0 Å². The van der Waals surface area contributed by atoms with Gasteiger partial charge in [0.25, 0.3) is 0 Å². The summed E-state index contributed by atoms with van der Waals surface area (Å²) in [6.07, 6.45) is 1.49. The molecule has 3 atom stereocenters. The summed E-state index contributed by atoms with van der Waals surface area (Å²) in [6, 6.07) is 0. The Morgan fingerprint density at radius 3 is 2.69 bits per heavy atom. The number of fused-ring (bicyclic) bond motifs is 1. The van der Waals surface area contributed by atoms with Gasteiger partial charge in [-0.25, -0.2) is 0 Å². The van der Waals surface area contributed by atoms with E-state index < -0.39 is 0 Å². The molecule has 0 aliphatic heterocycles. The standard InChI is InChI=1S/C10H14O3/c1-5(2)13-10(12)9-6-3-4-7(11)8(6)9/h5-6,8-9H,3-4H2,1-2H3/t6-,8-,9+/m1/s1. The number of ether oxygens (including phenoxy) is 1. The summed E-state index contributed by atoms with van der Waals surface area (Å²) in [5.41, 5.74) is 0. The lowest BCUT2D eigenvalue weighted by Crippen LogP contribution is -2.17. The Kier molecular flexibility index (Phi) is 1.90. The minimum absolute atomic E-state index is 0.0197. The average molecular weight is 182 g/mol. The predicted octanol–water partition coefficient (Wildman–Crippen LogP) is 1.16. The van der Waals surface area contributed by atoms with Gasteiger partial charge in [0.2, 0.25) is 0 Å². The summed E-state index contributed by atoms with van der Waals surface area (Å²) in [4.78, 5) is 22.6. The molecular weight excluding hydrogens is 168 g/mol. The van der Waals surface area contributed by atoms with E-state index in [4.69, 9.17) is 4.74 Å².